The van der Waals surface area contributed by atoms with Crippen LogP contribution in [0, 0.1) is 0 Å². The Morgan fingerprint density at radius 1 is 1.25 bits per heavy atom. The molecule has 0 unspecified atom stereocenters. The van der Waals surface area contributed by atoms with Crippen molar-refractivity contribution in [2.45, 2.75) is 44.6 Å². The van der Waals surface area contributed by atoms with Crippen LogP contribution in [0.15, 0.2) is 4.47 Å². The van der Waals surface area contributed by atoms with Gasteiger partial charge in [-0.25, -0.2) is 9.97 Å². The predicted octanol–water partition coefficient (Wildman–Crippen LogP) is 4.66. The molecule has 0 aliphatic carbocycles. The zero-order valence-electron chi connectivity index (χ0n) is 9.92. The zero-order chi connectivity index (χ0) is 12.3. The fraction of sp³-hybridized carbons (Fsp3) is 0.636. The molecular weight excluding hydrogens is 308 g/mol. The van der Waals surface area contributed by atoms with Crippen LogP contribution in [0.5, 0.6) is 0 Å². The smallest absolute Gasteiger partial charge is 0.147 e. The zero-order valence-corrected chi connectivity index (χ0v) is 13.1. The SMILES string of the molecule is CC(C)SCc1nc(Cl)c(Br)c(C(C)C)n1. The van der Waals surface area contributed by atoms with Crippen molar-refractivity contribution < 1.29 is 0 Å². The Hall–Kier alpha value is 0.200. The highest BCUT2D eigenvalue weighted by Gasteiger charge is 2.13. The summed E-state index contributed by atoms with van der Waals surface area (Å²) in [5.41, 5.74) is 0.986. The van der Waals surface area contributed by atoms with Crippen LogP contribution >= 0.6 is 39.3 Å². The predicted molar refractivity (Wildman–Crippen MR) is 75.3 cm³/mol. The van der Waals surface area contributed by atoms with Gasteiger partial charge in [-0.1, -0.05) is 39.3 Å². The molecule has 0 spiro atoms. The van der Waals surface area contributed by atoms with Crippen molar-refractivity contribution in [3.8, 4) is 0 Å². The Morgan fingerprint density at radius 2 is 1.88 bits per heavy atom. The summed E-state index contributed by atoms with van der Waals surface area (Å²) in [4.78, 5) is 8.82. The number of nitrogens with zero attached hydrogens (tertiary/aromatic N) is 2. The molecule has 0 radical (unpaired) electrons. The second-order valence-electron chi connectivity index (χ2n) is 4.14. The molecule has 1 aromatic rings. The first-order valence-electron chi connectivity index (χ1n) is 5.25. The van der Waals surface area contributed by atoms with Crippen LogP contribution in [0.1, 0.15) is 45.1 Å². The third kappa shape index (κ3) is 3.90. The van der Waals surface area contributed by atoms with E-state index in [1.54, 1.807) is 0 Å². The molecule has 0 aliphatic heterocycles. The summed E-state index contributed by atoms with van der Waals surface area (Å²) < 4.78 is 0.822. The maximum absolute atomic E-state index is 6.07. The molecule has 0 aliphatic rings. The Bertz CT molecular complexity index is 369. The van der Waals surface area contributed by atoms with E-state index < -0.39 is 0 Å². The normalized spacial score (nSPS) is 11.5. The summed E-state index contributed by atoms with van der Waals surface area (Å²) in [6.07, 6.45) is 0. The van der Waals surface area contributed by atoms with E-state index in [-0.39, 0.29) is 0 Å². The van der Waals surface area contributed by atoms with Crippen molar-refractivity contribution in [3.63, 3.8) is 0 Å². The van der Waals surface area contributed by atoms with Crippen LogP contribution in [-0.4, -0.2) is 15.2 Å². The van der Waals surface area contributed by atoms with E-state index in [1.165, 1.54) is 0 Å². The van der Waals surface area contributed by atoms with Gasteiger partial charge in [0, 0.05) is 0 Å². The van der Waals surface area contributed by atoms with Gasteiger partial charge >= 0.3 is 0 Å². The van der Waals surface area contributed by atoms with Gasteiger partial charge < -0.3 is 0 Å². The average Bonchev–Trinajstić information content (AvgIpc) is 2.19. The second-order valence-corrected chi connectivity index (χ2v) is 6.86. The van der Waals surface area contributed by atoms with E-state index in [0.29, 0.717) is 16.3 Å². The quantitative estimate of drug-likeness (QED) is 0.754. The molecule has 0 bridgehead atoms. The summed E-state index contributed by atoms with van der Waals surface area (Å²) in [5, 5.41) is 1.09. The molecule has 0 N–H and O–H groups in total. The van der Waals surface area contributed by atoms with Gasteiger partial charge in [0.15, 0.2) is 0 Å². The highest BCUT2D eigenvalue weighted by Crippen LogP contribution is 2.29. The molecule has 0 amide bonds. The molecule has 16 heavy (non-hydrogen) atoms. The van der Waals surface area contributed by atoms with Crippen LogP contribution in [-0.2, 0) is 5.75 Å². The van der Waals surface area contributed by atoms with E-state index >= 15 is 0 Å². The summed E-state index contributed by atoms with van der Waals surface area (Å²) in [7, 11) is 0. The first kappa shape index (κ1) is 14.3. The van der Waals surface area contributed by atoms with E-state index in [4.69, 9.17) is 11.6 Å². The van der Waals surface area contributed by atoms with Crippen molar-refractivity contribution in [2.75, 3.05) is 0 Å². The minimum absolute atomic E-state index is 0.345. The Labute approximate surface area is 115 Å². The van der Waals surface area contributed by atoms with Gasteiger partial charge in [-0.15, -0.1) is 0 Å². The largest absolute Gasteiger partial charge is 0.235 e. The summed E-state index contributed by atoms with van der Waals surface area (Å²) >= 11 is 11.3. The lowest BCUT2D eigenvalue weighted by Gasteiger charge is -2.11. The van der Waals surface area contributed by atoms with E-state index in [2.05, 4.69) is 53.6 Å². The fourth-order valence-electron chi connectivity index (χ4n) is 1.17. The van der Waals surface area contributed by atoms with E-state index in [1.807, 2.05) is 11.8 Å². The summed E-state index contributed by atoms with van der Waals surface area (Å²) in [6.45, 7) is 8.52. The van der Waals surface area contributed by atoms with Crippen molar-refractivity contribution in [3.05, 3.63) is 21.1 Å². The third-order valence-corrected chi connectivity index (χ3v) is 4.35. The third-order valence-electron chi connectivity index (χ3n) is 1.98. The highest BCUT2D eigenvalue weighted by atomic mass is 79.9. The van der Waals surface area contributed by atoms with E-state index in [0.717, 1.165) is 21.7 Å². The monoisotopic (exact) mass is 322 g/mol. The maximum atomic E-state index is 6.07. The van der Waals surface area contributed by atoms with Gasteiger partial charge in [-0.3, -0.25) is 0 Å². The number of halogens is 2. The van der Waals surface area contributed by atoms with Gasteiger partial charge in [-0.05, 0) is 27.1 Å². The molecule has 1 rings (SSSR count). The summed E-state index contributed by atoms with van der Waals surface area (Å²) in [6, 6.07) is 0. The molecule has 1 aromatic heterocycles. The van der Waals surface area contributed by atoms with Crippen LogP contribution in [0.25, 0.3) is 0 Å². The minimum atomic E-state index is 0.345. The molecule has 2 nitrogen and oxygen atoms in total. The van der Waals surface area contributed by atoms with Crippen molar-refractivity contribution in [1.82, 2.24) is 9.97 Å². The lowest BCUT2D eigenvalue weighted by molar-refractivity contribution is 0.791. The molecule has 0 atom stereocenters. The van der Waals surface area contributed by atoms with Crippen LogP contribution in [0.2, 0.25) is 5.15 Å². The fourth-order valence-corrected chi connectivity index (χ4v) is 2.61. The molecule has 0 saturated heterocycles. The Morgan fingerprint density at radius 3 is 2.38 bits per heavy atom. The number of thioether (sulfide) groups is 1. The lowest BCUT2D eigenvalue weighted by atomic mass is 10.1. The van der Waals surface area contributed by atoms with E-state index in [9.17, 15) is 0 Å². The van der Waals surface area contributed by atoms with Crippen LogP contribution < -0.4 is 0 Å². The molecule has 90 valence electrons. The molecular formula is C11H16BrClN2S. The molecule has 0 saturated carbocycles. The number of hydrogen-bond donors (Lipinski definition) is 0. The minimum Gasteiger partial charge on any atom is -0.235 e. The molecule has 0 aromatic carbocycles. The summed E-state index contributed by atoms with van der Waals surface area (Å²) in [5.74, 6) is 1.97. The van der Waals surface area contributed by atoms with Crippen molar-refractivity contribution >= 4 is 39.3 Å². The topological polar surface area (TPSA) is 25.8 Å². The lowest BCUT2D eigenvalue weighted by Crippen LogP contribution is -2.03. The van der Waals surface area contributed by atoms with Gasteiger partial charge in [0.25, 0.3) is 0 Å². The van der Waals surface area contributed by atoms with Crippen LogP contribution in [0.3, 0.4) is 0 Å². The average molecular weight is 324 g/mol. The molecule has 5 heteroatoms. The number of rotatable bonds is 4. The van der Waals surface area contributed by atoms with Crippen molar-refractivity contribution in [2.24, 2.45) is 0 Å². The number of hydrogen-bond acceptors (Lipinski definition) is 3. The van der Waals surface area contributed by atoms with Gasteiger partial charge in [0.1, 0.15) is 11.0 Å². The van der Waals surface area contributed by atoms with Crippen molar-refractivity contribution in [1.29, 1.82) is 0 Å². The highest BCUT2D eigenvalue weighted by molar-refractivity contribution is 9.10. The Balaban J connectivity index is 2.95. The first-order chi connectivity index (χ1) is 7.41. The standard InChI is InChI=1S/C11H16BrClN2S/c1-6(2)10-9(12)11(13)15-8(14-10)5-16-7(3)4/h6-7H,5H2,1-4H3. The molecule has 1 heterocycles. The molecule has 0 fully saturated rings. The number of aromatic nitrogens is 2. The second kappa shape index (κ2) is 6.22. The maximum Gasteiger partial charge on any atom is 0.147 e. The Kier molecular flexibility index (Phi) is 5.54. The first-order valence-corrected chi connectivity index (χ1v) is 7.47. The van der Waals surface area contributed by atoms with Gasteiger partial charge in [-0.2, -0.15) is 11.8 Å². The van der Waals surface area contributed by atoms with Gasteiger partial charge in [0.2, 0.25) is 0 Å². The van der Waals surface area contributed by atoms with Gasteiger partial charge in [0.05, 0.1) is 15.9 Å². The van der Waals surface area contributed by atoms with Crippen LogP contribution in [0.4, 0.5) is 0 Å².